The van der Waals surface area contributed by atoms with E-state index in [1.54, 1.807) is 14.2 Å². The van der Waals surface area contributed by atoms with Gasteiger partial charge in [-0.25, -0.2) is 0 Å². The number of carbonyl (C=O) groups is 1. The van der Waals surface area contributed by atoms with Gasteiger partial charge in [0.15, 0.2) is 5.78 Å². The van der Waals surface area contributed by atoms with E-state index in [2.05, 4.69) is 15.9 Å². The third-order valence-corrected chi connectivity index (χ3v) is 4.02. The first kappa shape index (κ1) is 15.7. The van der Waals surface area contributed by atoms with Gasteiger partial charge in [0.2, 0.25) is 0 Å². The number of methoxy groups -OCH3 is 2. The molecule has 1 atom stereocenters. The van der Waals surface area contributed by atoms with Crippen LogP contribution in [0.5, 0.6) is 5.75 Å². The first-order valence-corrected chi connectivity index (χ1v) is 7.38. The quantitative estimate of drug-likeness (QED) is 0.792. The Labute approximate surface area is 133 Å². The average molecular weight is 349 g/mol. The maximum absolute atomic E-state index is 12.5. The van der Waals surface area contributed by atoms with Gasteiger partial charge in [0.25, 0.3) is 0 Å². The monoisotopic (exact) mass is 348 g/mol. The summed E-state index contributed by atoms with van der Waals surface area (Å²) in [6.07, 6.45) is -0.269. The Morgan fingerprint density at radius 2 is 1.86 bits per heavy atom. The molecule has 0 saturated carbocycles. The lowest BCUT2D eigenvalue weighted by molar-refractivity contribution is -0.128. The maximum atomic E-state index is 12.5. The number of benzene rings is 2. The standard InChI is InChI=1S/C17H17BrO3/c1-20-14-8-9-15(18)13(10-14)11-16(19)17(21-2)12-6-4-3-5-7-12/h3-10,17H,11H2,1-2H3. The lowest BCUT2D eigenvalue weighted by Gasteiger charge is -2.15. The second-order valence-corrected chi connectivity index (χ2v) is 5.48. The summed E-state index contributed by atoms with van der Waals surface area (Å²) in [5, 5.41) is 0. The molecular weight excluding hydrogens is 332 g/mol. The zero-order chi connectivity index (χ0) is 15.2. The van der Waals surface area contributed by atoms with Crippen LogP contribution in [0, 0.1) is 0 Å². The van der Waals surface area contributed by atoms with Gasteiger partial charge in [0.1, 0.15) is 11.9 Å². The van der Waals surface area contributed by atoms with E-state index in [4.69, 9.17) is 9.47 Å². The van der Waals surface area contributed by atoms with Crippen molar-refractivity contribution in [2.45, 2.75) is 12.5 Å². The van der Waals surface area contributed by atoms with Gasteiger partial charge in [-0.2, -0.15) is 0 Å². The molecule has 2 rings (SSSR count). The third-order valence-electron chi connectivity index (χ3n) is 3.25. The Morgan fingerprint density at radius 1 is 1.14 bits per heavy atom. The van der Waals surface area contributed by atoms with Gasteiger partial charge in [-0.3, -0.25) is 4.79 Å². The maximum Gasteiger partial charge on any atom is 0.170 e. The van der Waals surface area contributed by atoms with E-state index < -0.39 is 6.10 Å². The summed E-state index contributed by atoms with van der Waals surface area (Å²) < 4.78 is 11.5. The minimum absolute atomic E-state index is 0.0117. The molecule has 110 valence electrons. The molecule has 0 radical (unpaired) electrons. The van der Waals surface area contributed by atoms with Gasteiger partial charge in [-0.05, 0) is 29.3 Å². The predicted octanol–water partition coefficient (Wildman–Crippen LogP) is 3.96. The molecule has 0 amide bonds. The zero-order valence-electron chi connectivity index (χ0n) is 12.0. The minimum atomic E-state index is -0.552. The molecule has 2 aromatic rings. The molecule has 0 N–H and O–H groups in total. The topological polar surface area (TPSA) is 35.5 Å². The van der Waals surface area contributed by atoms with Gasteiger partial charge >= 0.3 is 0 Å². The summed E-state index contributed by atoms with van der Waals surface area (Å²) >= 11 is 3.47. The zero-order valence-corrected chi connectivity index (χ0v) is 13.6. The first-order chi connectivity index (χ1) is 10.2. The van der Waals surface area contributed by atoms with Crippen LogP contribution in [-0.4, -0.2) is 20.0 Å². The molecule has 21 heavy (non-hydrogen) atoms. The molecule has 0 aliphatic heterocycles. The van der Waals surface area contributed by atoms with Crippen LogP contribution in [0.4, 0.5) is 0 Å². The van der Waals surface area contributed by atoms with Crippen LogP contribution in [0.15, 0.2) is 53.0 Å². The Hall–Kier alpha value is -1.65. The average Bonchev–Trinajstić information content (AvgIpc) is 2.51. The van der Waals surface area contributed by atoms with Crippen LogP contribution in [0.3, 0.4) is 0 Å². The van der Waals surface area contributed by atoms with E-state index in [1.165, 1.54) is 0 Å². The highest BCUT2D eigenvalue weighted by molar-refractivity contribution is 9.10. The smallest absolute Gasteiger partial charge is 0.170 e. The summed E-state index contributed by atoms with van der Waals surface area (Å²) in [7, 11) is 3.16. The number of Topliss-reactive ketones (excluding diaryl/α,β-unsaturated/α-hetero) is 1. The first-order valence-electron chi connectivity index (χ1n) is 6.58. The summed E-state index contributed by atoms with van der Waals surface area (Å²) in [6, 6.07) is 15.1. The summed E-state index contributed by atoms with van der Waals surface area (Å²) in [6.45, 7) is 0. The van der Waals surface area contributed by atoms with Crippen LogP contribution >= 0.6 is 15.9 Å². The highest BCUT2D eigenvalue weighted by Crippen LogP contribution is 2.26. The molecule has 0 heterocycles. The normalized spacial score (nSPS) is 12.0. The summed E-state index contributed by atoms with van der Waals surface area (Å²) in [4.78, 5) is 12.5. The SMILES string of the molecule is COc1ccc(Br)c(CC(=O)C(OC)c2ccccc2)c1. The number of carbonyl (C=O) groups excluding carboxylic acids is 1. The number of hydrogen-bond acceptors (Lipinski definition) is 3. The highest BCUT2D eigenvalue weighted by atomic mass is 79.9. The Bertz CT molecular complexity index is 611. The lowest BCUT2D eigenvalue weighted by atomic mass is 10.00. The molecule has 1 unspecified atom stereocenters. The number of ether oxygens (including phenoxy) is 2. The van der Waals surface area contributed by atoms with Crippen molar-refractivity contribution >= 4 is 21.7 Å². The predicted molar refractivity (Wildman–Crippen MR) is 85.6 cm³/mol. The second-order valence-electron chi connectivity index (χ2n) is 4.63. The van der Waals surface area contributed by atoms with E-state index in [0.29, 0.717) is 0 Å². The van der Waals surface area contributed by atoms with E-state index in [9.17, 15) is 4.79 Å². The molecule has 0 bridgehead atoms. The van der Waals surface area contributed by atoms with Crippen molar-refractivity contribution in [3.63, 3.8) is 0 Å². The largest absolute Gasteiger partial charge is 0.497 e. The van der Waals surface area contributed by atoms with Gasteiger partial charge < -0.3 is 9.47 Å². The van der Waals surface area contributed by atoms with Crippen molar-refractivity contribution in [3.05, 3.63) is 64.1 Å². The molecule has 0 aliphatic carbocycles. The van der Waals surface area contributed by atoms with Crippen molar-refractivity contribution in [1.82, 2.24) is 0 Å². The van der Waals surface area contributed by atoms with Crippen LogP contribution in [-0.2, 0) is 16.0 Å². The number of ketones is 1. The Morgan fingerprint density at radius 3 is 2.48 bits per heavy atom. The van der Waals surface area contributed by atoms with E-state index in [0.717, 1.165) is 21.3 Å². The molecule has 3 nitrogen and oxygen atoms in total. The van der Waals surface area contributed by atoms with Crippen molar-refractivity contribution in [1.29, 1.82) is 0 Å². The molecule has 0 aromatic heterocycles. The van der Waals surface area contributed by atoms with Crippen LogP contribution in [0.2, 0.25) is 0 Å². The Kier molecular flexibility index (Phi) is 5.53. The molecule has 0 fully saturated rings. The number of rotatable bonds is 6. The van der Waals surface area contributed by atoms with Crippen molar-refractivity contribution < 1.29 is 14.3 Å². The fourth-order valence-electron chi connectivity index (χ4n) is 2.18. The lowest BCUT2D eigenvalue weighted by Crippen LogP contribution is -2.17. The van der Waals surface area contributed by atoms with Gasteiger partial charge in [0.05, 0.1) is 7.11 Å². The fraction of sp³-hybridized carbons (Fsp3) is 0.235. The molecular formula is C17H17BrO3. The molecule has 2 aromatic carbocycles. The van der Waals surface area contributed by atoms with Crippen molar-refractivity contribution in [2.24, 2.45) is 0 Å². The van der Waals surface area contributed by atoms with E-state index in [-0.39, 0.29) is 12.2 Å². The minimum Gasteiger partial charge on any atom is -0.497 e. The summed E-state index contributed by atoms with van der Waals surface area (Å²) in [5.74, 6) is 0.743. The van der Waals surface area contributed by atoms with Gasteiger partial charge in [0, 0.05) is 18.0 Å². The fourth-order valence-corrected chi connectivity index (χ4v) is 2.56. The van der Waals surface area contributed by atoms with E-state index >= 15 is 0 Å². The van der Waals surface area contributed by atoms with E-state index in [1.807, 2.05) is 48.5 Å². The highest BCUT2D eigenvalue weighted by Gasteiger charge is 2.21. The molecule has 0 aliphatic rings. The van der Waals surface area contributed by atoms with Gasteiger partial charge in [-0.15, -0.1) is 0 Å². The second kappa shape index (κ2) is 7.38. The molecule has 4 heteroatoms. The van der Waals surface area contributed by atoms with Crippen molar-refractivity contribution in [2.75, 3.05) is 14.2 Å². The van der Waals surface area contributed by atoms with Crippen LogP contribution in [0.1, 0.15) is 17.2 Å². The number of hydrogen-bond donors (Lipinski definition) is 0. The molecule has 0 spiro atoms. The van der Waals surface area contributed by atoms with Crippen LogP contribution in [0.25, 0.3) is 0 Å². The van der Waals surface area contributed by atoms with Crippen LogP contribution < -0.4 is 4.74 Å². The molecule has 0 saturated heterocycles. The van der Waals surface area contributed by atoms with Gasteiger partial charge in [-0.1, -0.05) is 46.3 Å². The van der Waals surface area contributed by atoms with Crippen molar-refractivity contribution in [3.8, 4) is 5.75 Å². The summed E-state index contributed by atoms with van der Waals surface area (Å²) in [5.41, 5.74) is 1.75. The number of halogens is 1. The Balaban J connectivity index is 2.20. The third kappa shape index (κ3) is 3.93.